The average molecular weight is 337 g/mol. The molecule has 4 rings (SSSR count). The molecule has 3 aromatic rings. The summed E-state index contributed by atoms with van der Waals surface area (Å²) in [5, 5.41) is 4.61. The van der Waals surface area contributed by atoms with Crippen molar-refractivity contribution in [3.05, 3.63) is 47.8 Å². The van der Waals surface area contributed by atoms with Gasteiger partial charge in [-0.15, -0.1) is 0 Å². The van der Waals surface area contributed by atoms with Crippen molar-refractivity contribution in [2.24, 2.45) is 0 Å². The summed E-state index contributed by atoms with van der Waals surface area (Å²) in [7, 11) is 1.71. The molecular weight excluding hydrogens is 314 g/mol. The number of benzene rings is 1. The molecule has 1 aromatic carbocycles. The largest absolute Gasteiger partial charge is 0.497 e. The van der Waals surface area contributed by atoms with Crippen molar-refractivity contribution in [2.75, 3.05) is 43.1 Å². The third kappa shape index (κ3) is 2.99. The maximum absolute atomic E-state index is 5.34. The highest BCUT2D eigenvalue weighted by Gasteiger charge is 2.20. The second kappa shape index (κ2) is 6.27. The molecule has 1 fully saturated rings. The Hall–Kier alpha value is -2.76. The molecule has 0 spiro atoms. The molecule has 0 atom stereocenters. The first-order valence-corrected chi connectivity index (χ1v) is 8.62. The van der Waals surface area contributed by atoms with E-state index < -0.39 is 0 Å². The Bertz CT molecular complexity index is 896. The van der Waals surface area contributed by atoms with E-state index in [0.717, 1.165) is 54.8 Å². The van der Waals surface area contributed by atoms with Crippen molar-refractivity contribution in [2.45, 2.75) is 13.8 Å². The first-order valence-electron chi connectivity index (χ1n) is 8.62. The molecule has 6 heteroatoms. The van der Waals surface area contributed by atoms with E-state index in [0.29, 0.717) is 0 Å². The Labute approximate surface area is 147 Å². The van der Waals surface area contributed by atoms with Crippen molar-refractivity contribution >= 4 is 17.2 Å². The van der Waals surface area contributed by atoms with Crippen LogP contribution in [-0.2, 0) is 0 Å². The van der Waals surface area contributed by atoms with E-state index in [1.54, 1.807) is 7.11 Å². The normalized spacial score (nSPS) is 15.0. The van der Waals surface area contributed by atoms with Crippen LogP contribution in [0, 0.1) is 13.8 Å². The summed E-state index contributed by atoms with van der Waals surface area (Å²) in [5.74, 6) is 2.03. The fraction of sp³-hybridized carbons (Fsp3) is 0.368. The van der Waals surface area contributed by atoms with E-state index in [1.807, 2.05) is 36.6 Å². The van der Waals surface area contributed by atoms with Crippen molar-refractivity contribution < 1.29 is 4.74 Å². The van der Waals surface area contributed by atoms with Gasteiger partial charge in [-0.2, -0.15) is 9.61 Å². The maximum Gasteiger partial charge on any atom is 0.157 e. The zero-order chi connectivity index (χ0) is 17.4. The van der Waals surface area contributed by atoms with E-state index in [9.17, 15) is 0 Å². The van der Waals surface area contributed by atoms with Crippen molar-refractivity contribution in [3.8, 4) is 5.75 Å². The minimum Gasteiger partial charge on any atom is -0.497 e. The van der Waals surface area contributed by atoms with Gasteiger partial charge in [-0.25, -0.2) is 4.98 Å². The fourth-order valence-corrected chi connectivity index (χ4v) is 3.42. The zero-order valence-corrected chi connectivity index (χ0v) is 14.9. The van der Waals surface area contributed by atoms with Gasteiger partial charge in [-0.3, -0.25) is 0 Å². The predicted molar refractivity (Wildman–Crippen MR) is 99.9 cm³/mol. The number of methoxy groups -OCH3 is 1. The Morgan fingerprint density at radius 2 is 1.68 bits per heavy atom. The molecule has 0 N–H and O–H groups in total. The van der Waals surface area contributed by atoms with Gasteiger partial charge in [0.15, 0.2) is 5.65 Å². The molecule has 0 saturated carbocycles. The Morgan fingerprint density at radius 1 is 0.920 bits per heavy atom. The van der Waals surface area contributed by atoms with E-state index in [4.69, 9.17) is 4.74 Å². The predicted octanol–water partition coefficient (Wildman–Crippen LogP) is 2.68. The van der Waals surface area contributed by atoms with Crippen LogP contribution in [0.2, 0.25) is 0 Å². The van der Waals surface area contributed by atoms with Crippen molar-refractivity contribution in [1.82, 2.24) is 14.6 Å². The number of fused-ring (bicyclic) bond motifs is 1. The molecule has 1 aliphatic heterocycles. The van der Waals surface area contributed by atoms with Crippen molar-refractivity contribution in [3.63, 3.8) is 0 Å². The van der Waals surface area contributed by atoms with Gasteiger partial charge in [-0.05, 0) is 26.0 Å². The van der Waals surface area contributed by atoms with Crippen LogP contribution in [0.4, 0.5) is 11.5 Å². The summed E-state index contributed by atoms with van der Waals surface area (Å²) in [6.45, 7) is 7.89. The number of aromatic nitrogens is 3. The number of nitrogens with zero attached hydrogens (tertiary/aromatic N) is 5. The van der Waals surface area contributed by atoms with Crippen LogP contribution < -0.4 is 14.5 Å². The lowest BCUT2D eigenvalue weighted by atomic mass is 10.2. The molecule has 25 heavy (non-hydrogen) atoms. The summed E-state index contributed by atoms with van der Waals surface area (Å²) >= 11 is 0. The van der Waals surface area contributed by atoms with Gasteiger partial charge in [-0.1, -0.05) is 6.07 Å². The minimum atomic E-state index is 0.901. The van der Waals surface area contributed by atoms with Crippen LogP contribution in [0.1, 0.15) is 11.4 Å². The van der Waals surface area contributed by atoms with E-state index in [1.165, 1.54) is 5.69 Å². The summed E-state index contributed by atoms with van der Waals surface area (Å²) < 4.78 is 7.31. The Balaban J connectivity index is 1.56. The molecule has 0 unspecified atom stereocenters. The van der Waals surface area contributed by atoms with Crippen LogP contribution in [0.3, 0.4) is 0 Å². The summed E-state index contributed by atoms with van der Waals surface area (Å²) in [6, 6.07) is 12.4. The van der Waals surface area contributed by atoms with Crippen molar-refractivity contribution in [1.29, 1.82) is 0 Å². The highest BCUT2D eigenvalue weighted by Crippen LogP contribution is 2.24. The molecule has 6 nitrogen and oxygen atoms in total. The number of aryl methyl sites for hydroxylation is 2. The topological polar surface area (TPSA) is 45.9 Å². The molecule has 3 heterocycles. The van der Waals surface area contributed by atoms with Gasteiger partial charge in [0.1, 0.15) is 11.6 Å². The Morgan fingerprint density at radius 3 is 2.44 bits per heavy atom. The standard InChI is InChI=1S/C19H23N5O/c1-14-12-19(24-18(20-14)11-15(2)21-24)23-9-7-22(8-10-23)16-5-4-6-17(13-16)25-3/h4-6,11-13H,7-10H2,1-3H3. The molecule has 0 bridgehead atoms. The smallest absolute Gasteiger partial charge is 0.157 e. The van der Waals surface area contributed by atoms with E-state index in [-0.39, 0.29) is 0 Å². The zero-order valence-electron chi connectivity index (χ0n) is 14.9. The Kier molecular flexibility index (Phi) is 3.95. The van der Waals surface area contributed by atoms with Gasteiger partial charge in [0.2, 0.25) is 0 Å². The molecule has 0 amide bonds. The minimum absolute atomic E-state index is 0.901. The summed E-state index contributed by atoms with van der Waals surface area (Å²) in [6.07, 6.45) is 0. The number of ether oxygens (including phenoxy) is 1. The van der Waals surface area contributed by atoms with Crippen LogP contribution in [0.15, 0.2) is 36.4 Å². The maximum atomic E-state index is 5.34. The van der Waals surface area contributed by atoms with Crippen LogP contribution >= 0.6 is 0 Å². The van der Waals surface area contributed by atoms with Crippen LogP contribution in [0.5, 0.6) is 5.75 Å². The van der Waals surface area contributed by atoms with Gasteiger partial charge >= 0.3 is 0 Å². The number of rotatable bonds is 3. The average Bonchev–Trinajstić information content (AvgIpc) is 3.01. The number of anilines is 2. The lowest BCUT2D eigenvalue weighted by Gasteiger charge is -2.37. The first-order chi connectivity index (χ1) is 12.1. The second-order valence-electron chi connectivity index (χ2n) is 6.49. The quantitative estimate of drug-likeness (QED) is 0.735. The third-order valence-corrected chi connectivity index (χ3v) is 4.68. The molecule has 130 valence electrons. The fourth-order valence-electron chi connectivity index (χ4n) is 3.42. The highest BCUT2D eigenvalue weighted by molar-refractivity contribution is 5.55. The molecule has 1 aliphatic rings. The van der Waals surface area contributed by atoms with E-state index >= 15 is 0 Å². The molecule has 0 radical (unpaired) electrons. The van der Waals surface area contributed by atoms with Crippen LogP contribution in [-0.4, -0.2) is 47.9 Å². The number of hydrogen-bond acceptors (Lipinski definition) is 5. The van der Waals surface area contributed by atoms with Gasteiger partial charge in [0, 0.05) is 55.8 Å². The lowest BCUT2D eigenvalue weighted by Crippen LogP contribution is -2.47. The summed E-state index contributed by atoms with van der Waals surface area (Å²) in [5.41, 5.74) is 4.15. The van der Waals surface area contributed by atoms with Gasteiger partial charge in [0.25, 0.3) is 0 Å². The second-order valence-corrected chi connectivity index (χ2v) is 6.49. The van der Waals surface area contributed by atoms with Crippen LogP contribution in [0.25, 0.3) is 5.65 Å². The number of hydrogen-bond donors (Lipinski definition) is 0. The third-order valence-electron chi connectivity index (χ3n) is 4.68. The van der Waals surface area contributed by atoms with Gasteiger partial charge in [0.05, 0.1) is 12.8 Å². The lowest BCUT2D eigenvalue weighted by molar-refractivity contribution is 0.414. The van der Waals surface area contributed by atoms with Gasteiger partial charge < -0.3 is 14.5 Å². The highest BCUT2D eigenvalue weighted by atomic mass is 16.5. The number of piperazine rings is 1. The molecular formula is C19H23N5O. The SMILES string of the molecule is COc1cccc(N2CCN(c3cc(C)nc4cc(C)nn34)CC2)c1. The molecule has 0 aliphatic carbocycles. The first kappa shape index (κ1) is 15.7. The monoisotopic (exact) mass is 337 g/mol. The summed E-state index contributed by atoms with van der Waals surface area (Å²) in [4.78, 5) is 9.38. The van der Waals surface area contributed by atoms with E-state index in [2.05, 4.69) is 38.1 Å². The molecule has 2 aromatic heterocycles. The molecule has 1 saturated heterocycles.